The van der Waals surface area contributed by atoms with Gasteiger partial charge in [0.25, 0.3) is 0 Å². The first-order valence-electron chi connectivity index (χ1n) is 8.62. The van der Waals surface area contributed by atoms with Crippen LogP contribution in [0.2, 0.25) is 5.02 Å². The van der Waals surface area contributed by atoms with E-state index in [2.05, 4.69) is 5.32 Å². The molecule has 5 nitrogen and oxygen atoms in total. The molecule has 0 spiro atoms. The maximum Gasteiger partial charge on any atom is 0.408 e. The molecule has 0 saturated carbocycles. The van der Waals surface area contributed by atoms with Crippen LogP contribution in [0.15, 0.2) is 40.8 Å². The zero-order valence-electron chi connectivity index (χ0n) is 15.7. The fraction of sp³-hybridized carbons (Fsp3) is 0.286. The molecule has 0 bridgehead atoms. The Labute approximate surface area is 162 Å². The molecule has 6 heteroatoms. The Morgan fingerprint density at radius 3 is 2.48 bits per heavy atom. The van der Waals surface area contributed by atoms with Gasteiger partial charge >= 0.3 is 6.09 Å². The molecule has 142 valence electrons. The fourth-order valence-corrected chi connectivity index (χ4v) is 2.95. The van der Waals surface area contributed by atoms with Crippen LogP contribution in [0.3, 0.4) is 0 Å². The summed E-state index contributed by atoms with van der Waals surface area (Å²) < 4.78 is 10.9. The summed E-state index contributed by atoms with van der Waals surface area (Å²) in [6.45, 7) is 7.34. The van der Waals surface area contributed by atoms with Gasteiger partial charge in [-0.25, -0.2) is 4.79 Å². The Morgan fingerprint density at radius 2 is 1.85 bits per heavy atom. The summed E-state index contributed by atoms with van der Waals surface area (Å²) in [4.78, 5) is 11.8. The van der Waals surface area contributed by atoms with Crippen molar-refractivity contribution >= 4 is 28.7 Å². The van der Waals surface area contributed by atoms with Gasteiger partial charge in [-0.3, -0.25) is 0 Å². The Morgan fingerprint density at radius 1 is 1.19 bits per heavy atom. The molecule has 2 N–H and O–H groups in total. The van der Waals surface area contributed by atoms with Gasteiger partial charge in [-0.05, 0) is 51.0 Å². The highest BCUT2D eigenvalue weighted by molar-refractivity contribution is 6.35. The standard InChI is InChI=1S/C21H22ClNO4/c1-12-5-7-13(8-6-12)14-9-15-18(24)17(26-19(15)16(22)10-14)11-23-20(25)27-21(2,3)4/h5-10,24H,11H2,1-4H3,(H,23,25). The van der Waals surface area contributed by atoms with Crippen molar-refractivity contribution in [3.63, 3.8) is 0 Å². The van der Waals surface area contributed by atoms with E-state index < -0.39 is 11.7 Å². The van der Waals surface area contributed by atoms with Gasteiger partial charge in [0.15, 0.2) is 17.1 Å². The highest BCUT2D eigenvalue weighted by atomic mass is 35.5. The van der Waals surface area contributed by atoms with E-state index in [-0.39, 0.29) is 18.1 Å². The minimum absolute atomic E-state index is 0.00831. The molecule has 0 fully saturated rings. The van der Waals surface area contributed by atoms with Crippen LogP contribution in [-0.2, 0) is 11.3 Å². The normalized spacial score (nSPS) is 11.6. The van der Waals surface area contributed by atoms with Crippen molar-refractivity contribution in [2.45, 2.75) is 39.8 Å². The van der Waals surface area contributed by atoms with Crippen molar-refractivity contribution in [2.75, 3.05) is 0 Å². The van der Waals surface area contributed by atoms with E-state index in [9.17, 15) is 9.90 Å². The Bertz CT molecular complexity index is 984. The molecule has 0 aliphatic rings. The maximum atomic E-state index is 11.8. The van der Waals surface area contributed by atoms with E-state index in [4.69, 9.17) is 20.8 Å². The lowest BCUT2D eigenvalue weighted by atomic mass is 10.0. The zero-order valence-corrected chi connectivity index (χ0v) is 16.5. The summed E-state index contributed by atoms with van der Waals surface area (Å²) >= 11 is 6.36. The first-order chi connectivity index (χ1) is 12.6. The molecule has 1 amide bonds. The molecule has 2 aromatic carbocycles. The summed E-state index contributed by atoms with van der Waals surface area (Å²) in [5.41, 5.74) is 2.79. The Hall–Kier alpha value is -2.66. The maximum absolute atomic E-state index is 11.8. The number of aromatic hydroxyl groups is 1. The van der Waals surface area contributed by atoms with Crippen molar-refractivity contribution in [1.29, 1.82) is 0 Å². The van der Waals surface area contributed by atoms with Crippen molar-refractivity contribution in [1.82, 2.24) is 5.32 Å². The van der Waals surface area contributed by atoms with Gasteiger partial charge in [0.1, 0.15) is 5.60 Å². The number of halogens is 1. The number of hydrogen-bond acceptors (Lipinski definition) is 4. The van der Waals surface area contributed by atoms with E-state index in [1.54, 1.807) is 26.8 Å². The largest absolute Gasteiger partial charge is 0.504 e. The molecule has 27 heavy (non-hydrogen) atoms. The minimum atomic E-state index is -0.605. The summed E-state index contributed by atoms with van der Waals surface area (Å²) in [6, 6.07) is 11.6. The first-order valence-corrected chi connectivity index (χ1v) is 8.99. The number of fused-ring (bicyclic) bond motifs is 1. The fourth-order valence-electron chi connectivity index (χ4n) is 2.69. The number of amides is 1. The van der Waals surface area contributed by atoms with E-state index in [1.807, 2.05) is 37.3 Å². The monoisotopic (exact) mass is 387 g/mol. The van der Waals surface area contributed by atoms with Crippen molar-refractivity contribution in [3.8, 4) is 16.9 Å². The van der Waals surface area contributed by atoms with Gasteiger partial charge in [-0.15, -0.1) is 0 Å². The van der Waals surface area contributed by atoms with Crippen LogP contribution in [0, 0.1) is 6.92 Å². The molecule has 3 aromatic rings. The molecule has 0 unspecified atom stereocenters. The summed E-state index contributed by atoms with van der Waals surface area (Å²) in [7, 11) is 0. The van der Waals surface area contributed by atoms with Crippen molar-refractivity contribution in [3.05, 3.63) is 52.7 Å². The molecule has 1 aromatic heterocycles. The molecule has 0 aliphatic heterocycles. The molecule has 0 radical (unpaired) electrons. The summed E-state index contributed by atoms with van der Waals surface area (Å²) in [5.74, 6) is 0.177. The Balaban J connectivity index is 1.89. The highest BCUT2D eigenvalue weighted by Crippen LogP contribution is 2.39. The summed E-state index contributed by atoms with van der Waals surface area (Å²) in [5, 5.41) is 14.0. The van der Waals surface area contributed by atoms with Crippen molar-refractivity contribution in [2.24, 2.45) is 0 Å². The third-order valence-corrected chi connectivity index (χ3v) is 4.25. The van der Waals surface area contributed by atoms with Crippen LogP contribution in [0.5, 0.6) is 5.75 Å². The van der Waals surface area contributed by atoms with E-state index in [0.717, 1.165) is 16.7 Å². The van der Waals surface area contributed by atoms with Crippen LogP contribution >= 0.6 is 11.6 Å². The number of benzene rings is 2. The zero-order chi connectivity index (χ0) is 19.8. The smallest absolute Gasteiger partial charge is 0.408 e. The SMILES string of the molecule is Cc1ccc(-c2cc(Cl)c3oc(CNC(=O)OC(C)(C)C)c(O)c3c2)cc1. The van der Waals surface area contributed by atoms with Gasteiger partial charge in [0.05, 0.1) is 17.0 Å². The lowest BCUT2D eigenvalue weighted by molar-refractivity contribution is 0.0520. The van der Waals surface area contributed by atoms with Crippen LogP contribution < -0.4 is 5.32 Å². The van der Waals surface area contributed by atoms with Crippen LogP contribution in [-0.4, -0.2) is 16.8 Å². The molecule has 0 saturated heterocycles. The number of ether oxygens (including phenoxy) is 1. The first kappa shape index (κ1) is 19.1. The number of nitrogens with one attached hydrogen (secondary N) is 1. The van der Waals surface area contributed by atoms with E-state index in [1.165, 1.54) is 0 Å². The number of rotatable bonds is 3. The number of furan rings is 1. The Kier molecular flexibility index (Phi) is 5.07. The van der Waals surface area contributed by atoms with Crippen LogP contribution in [0.25, 0.3) is 22.1 Å². The second kappa shape index (κ2) is 7.16. The average Bonchev–Trinajstić information content (AvgIpc) is 2.89. The van der Waals surface area contributed by atoms with Gasteiger partial charge in [-0.1, -0.05) is 41.4 Å². The molecule has 0 aliphatic carbocycles. The minimum Gasteiger partial charge on any atom is -0.504 e. The highest BCUT2D eigenvalue weighted by Gasteiger charge is 2.20. The quantitative estimate of drug-likeness (QED) is 0.596. The van der Waals surface area contributed by atoms with Gasteiger partial charge in [-0.2, -0.15) is 0 Å². The van der Waals surface area contributed by atoms with Crippen LogP contribution in [0.1, 0.15) is 32.1 Å². The van der Waals surface area contributed by atoms with Gasteiger partial charge in [0.2, 0.25) is 0 Å². The van der Waals surface area contributed by atoms with E-state index >= 15 is 0 Å². The predicted octanol–water partition coefficient (Wildman–Crippen LogP) is 5.79. The lowest BCUT2D eigenvalue weighted by Crippen LogP contribution is -2.32. The molecule has 1 heterocycles. The number of alkyl carbamates (subject to hydrolysis) is 1. The summed E-state index contributed by atoms with van der Waals surface area (Å²) in [6.07, 6.45) is -0.589. The second-order valence-electron chi connectivity index (χ2n) is 7.43. The number of aryl methyl sites for hydroxylation is 1. The van der Waals surface area contributed by atoms with E-state index in [0.29, 0.717) is 16.0 Å². The molecule has 3 rings (SSSR count). The molecular weight excluding hydrogens is 366 g/mol. The van der Waals surface area contributed by atoms with Crippen molar-refractivity contribution < 1.29 is 19.1 Å². The third-order valence-electron chi connectivity index (χ3n) is 3.97. The van der Waals surface area contributed by atoms with Gasteiger partial charge < -0.3 is 19.6 Å². The predicted molar refractivity (Wildman–Crippen MR) is 106 cm³/mol. The number of carbonyl (C=O) groups is 1. The number of hydrogen-bond donors (Lipinski definition) is 2. The second-order valence-corrected chi connectivity index (χ2v) is 7.84. The topological polar surface area (TPSA) is 71.7 Å². The van der Waals surface area contributed by atoms with Gasteiger partial charge in [0, 0.05) is 0 Å². The number of carbonyl (C=O) groups excluding carboxylic acids is 1. The molecular formula is C21H22ClNO4. The lowest BCUT2D eigenvalue weighted by Gasteiger charge is -2.19. The third kappa shape index (κ3) is 4.37. The molecule has 0 atom stereocenters. The van der Waals surface area contributed by atoms with Crippen LogP contribution in [0.4, 0.5) is 4.79 Å². The average molecular weight is 388 g/mol.